The number of aromatic nitrogens is 5. The maximum absolute atomic E-state index is 12.7. The fourth-order valence-electron chi connectivity index (χ4n) is 2.52. The summed E-state index contributed by atoms with van der Waals surface area (Å²) in [6, 6.07) is 7.88. The van der Waals surface area contributed by atoms with E-state index in [1.165, 1.54) is 15.9 Å². The van der Waals surface area contributed by atoms with Crippen LogP contribution in [0.1, 0.15) is 0 Å². The third-order valence-corrected chi connectivity index (χ3v) is 4.47. The van der Waals surface area contributed by atoms with E-state index in [2.05, 4.69) is 20.6 Å². The number of nitrogens with one attached hydrogen (secondary N) is 1. The average molecular weight is 312 g/mol. The molecule has 3 heterocycles. The Bertz CT molecular complexity index is 1060. The van der Waals surface area contributed by atoms with Crippen molar-refractivity contribution in [3.63, 3.8) is 0 Å². The zero-order valence-corrected chi connectivity index (χ0v) is 12.8. The van der Waals surface area contributed by atoms with Gasteiger partial charge in [0, 0.05) is 36.8 Å². The van der Waals surface area contributed by atoms with Crippen LogP contribution in [0.3, 0.4) is 0 Å². The lowest BCUT2D eigenvalue weighted by Gasteiger charge is -1.97. The number of fused-ring (bicyclic) bond motifs is 2. The SMILES string of the molecule is CNc1nn2c(=O)c(-c3cn(C)c4ccccc34)nnc2s1. The molecule has 1 N–H and O–H groups in total. The van der Waals surface area contributed by atoms with Gasteiger partial charge in [-0.2, -0.15) is 4.52 Å². The smallest absolute Gasteiger partial charge is 0.302 e. The van der Waals surface area contributed by atoms with Gasteiger partial charge in [-0.15, -0.1) is 15.3 Å². The van der Waals surface area contributed by atoms with Crippen LogP contribution in [-0.2, 0) is 7.05 Å². The van der Waals surface area contributed by atoms with E-state index < -0.39 is 0 Å². The molecule has 8 heteroatoms. The average Bonchev–Trinajstić information content (AvgIpc) is 3.10. The van der Waals surface area contributed by atoms with Gasteiger partial charge >= 0.3 is 5.56 Å². The highest BCUT2D eigenvalue weighted by atomic mass is 32.1. The lowest BCUT2D eigenvalue weighted by molar-refractivity contribution is 0.860. The highest BCUT2D eigenvalue weighted by Crippen LogP contribution is 2.27. The van der Waals surface area contributed by atoms with Gasteiger partial charge in [-0.1, -0.05) is 29.5 Å². The van der Waals surface area contributed by atoms with Crippen molar-refractivity contribution in [3.05, 3.63) is 40.8 Å². The molecule has 0 radical (unpaired) electrons. The molecule has 0 aliphatic carbocycles. The first-order valence-corrected chi connectivity index (χ1v) is 7.49. The molecule has 0 aliphatic rings. The minimum absolute atomic E-state index is 0.265. The topological polar surface area (TPSA) is 77.1 Å². The maximum Gasteiger partial charge on any atom is 0.302 e. The highest BCUT2D eigenvalue weighted by molar-refractivity contribution is 7.20. The van der Waals surface area contributed by atoms with Gasteiger partial charge in [-0.05, 0) is 6.07 Å². The van der Waals surface area contributed by atoms with E-state index in [1.807, 2.05) is 42.1 Å². The summed E-state index contributed by atoms with van der Waals surface area (Å²) in [7, 11) is 3.69. The molecule has 3 aromatic heterocycles. The van der Waals surface area contributed by atoms with Crippen LogP contribution in [0.4, 0.5) is 5.13 Å². The van der Waals surface area contributed by atoms with Crippen molar-refractivity contribution in [2.45, 2.75) is 0 Å². The lowest BCUT2D eigenvalue weighted by atomic mass is 10.1. The predicted molar refractivity (Wildman–Crippen MR) is 86.4 cm³/mol. The zero-order chi connectivity index (χ0) is 15.3. The second-order valence-corrected chi connectivity index (χ2v) is 5.83. The summed E-state index contributed by atoms with van der Waals surface area (Å²) in [4.78, 5) is 13.1. The van der Waals surface area contributed by atoms with E-state index in [1.54, 1.807) is 7.05 Å². The first-order chi connectivity index (χ1) is 10.7. The molecule has 4 rings (SSSR count). The Morgan fingerprint density at radius 2 is 2.05 bits per heavy atom. The first kappa shape index (κ1) is 13.0. The standard InChI is InChI=1S/C14H12N6OS/c1-15-13-18-20-12(21)11(16-17-14(20)22-13)9-7-19(2)10-6-4-3-5-8(9)10/h3-7H,1-2H3,(H,15,18). The summed E-state index contributed by atoms with van der Waals surface area (Å²) in [5, 5.41) is 17.0. The Morgan fingerprint density at radius 3 is 2.86 bits per heavy atom. The Balaban J connectivity index is 2.04. The molecule has 0 amide bonds. The molecule has 7 nitrogen and oxygen atoms in total. The van der Waals surface area contributed by atoms with Gasteiger partial charge in [0.05, 0.1) is 0 Å². The Hall–Kier alpha value is -2.74. The van der Waals surface area contributed by atoms with E-state index >= 15 is 0 Å². The van der Waals surface area contributed by atoms with Gasteiger partial charge in [-0.3, -0.25) is 4.79 Å². The Kier molecular flexibility index (Phi) is 2.73. The molecule has 0 aliphatic heterocycles. The molecule has 0 saturated heterocycles. The van der Waals surface area contributed by atoms with Crippen molar-refractivity contribution in [1.82, 2.24) is 24.4 Å². The molecule has 110 valence electrons. The number of hydrogen-bond donors (Lipinski definition) is 1. The van der Waals surface area contributed by atoms with E-state index in [9.17, 15) is 4.79 Å². The molecule has 0 atom stereocenters. The lowest BCUT2D eigenvalue weighted by Crippen LogP contribution is -2.19. The minimum Gasteiger partial charge on any atom is -0.363 e. The van der Waals surface area contributed by atoms with Crippen LogP contribution in [0.15, 0.2) is 35.3 Å². The van der Waals surface area contributed by atoms with Crippen LogP contribution in [-0.4, -0.2) is 31.4 Å². The zero-order valence-electron chi connectivity index (χ0n) is 11.9. The predicted octanol–water partition coefficient (Wildman–Crippen LogP) is 1.75. The summed E-state index contributed by atoms with van der Waals surface area (Å²) in [6.45, 7) is 0. The molecule has 0 spiro atoms. The van der Waals surface area contributed by atoms with Crippen molar-refractivity contribution < 1.29 is 0 Å². The third kappa shape index (κ3) is 1.74. The normalized spacial score (nSPS) is 11.4. The molecule has 1 aromatic carbocycles. The number of hydrogen-bond acceptors (Lipinski definition) is 6. The second-order valence-electron chi connectivity index (χ2n) is 4.88. The van der Waals surface area contributed by atoms with Crippen LogP contribution in [0.25, 0.3) is 27.1 Å². The monoisotopic (exact) mass is 312 g/mol. The van der Waals surface area contributed by atoms with Crippen LogP contribution < -0.4 is 10.9 Å². The summed E-state index contributed by atoms with van der Waals surface area (Å²) in [5.74, 6) is 0. The van der Waals surface area contributed by atoms with Gasteiger partial charge in [-0.25, -0.2) is 0 Å². The molecule has 22 heavy (non-hydrogen) atoms. The van der Waals surface area contributed by atoms with Crippen molar-refractivity contribution in [2.24, 2.45) is 7.05 Å². The van der Waals surface area contributed by atoms with Crippen molar-refractivity contribution in [3.8, 4) is 11.3 Å². The highest BCUT2D eigenvalue weighted by Gasteiger charge is 2.17. The van der Waals surface area contributed by atoms with E-state index in [0.29, 0.717) is 15.8 Å². The van der Waals surface area contributed by atoms with Crippen molar-refractivity contribution in [2.75, 3.05) is 12.4 Å². The fraction of sp³-hybridized carbons (Fsp3) is 0.143. The minimum atomic E-state index is -0.265. The molecular formula is C14H12N6OS. The van der Waals surface area contributed by atoms with E-state index in [4.69, 9.17) is 0 Å². The van der Waals surface area contributed by atoms with Gasteiger partial charge in [0.15, 0.2) is 5.69 Å². The number of anilines is 1. The summed E-state index contributed by atoms with van der Waals surface area (Å²) in [5.41, 5.74) is 1.85. The summed E-state index contributed by atoms with van der Waals surface area (Å²) in [6.07, 6.45) is 1.90. The van der Waals surface area contributed by atoms with Gasteiger partial charge in [0.1, 0.15) is 0 Å². The number of rotatable bonds is 2. The second kappa shape index (κ2) is 4.63. The maximum atomic E-state index is 12.7. The van der Waals surface area contributed by atoms with Crippen LogP contribution in [0.2, 0.25) is 0 Å². The molecule has 0 bridgehead atoms. The molecule has 4 aromatic rings. The van der Waals surface area contributed by atoms with Crippen LogP contribution >= 0.6 is 11.3 Å². The van der Waals surface area contributed by atoms with Gasteiger partial charge in [0.25, 0.3) is 0 Å². The van der Waals surface area contributed by atoms with Gasteiger partial charge in [0.2, 0.25) is 10.1 Å². The van der Waals surface area contributed by atoms with Crippen molar-refractivity contribution >= 4 is 32.3 Å². The van der Waals surface area contributed by atoms with E-state index in [0.717, 1.165) is 16.5 Å². The number of nitrogens with zero attached hydrogens (tertiary/aromatic N) is 5. The summed E-state index contributed by atoms with van der Waals surface area (Å²) < 4.78 is 3.27. The quantitative estimate of drug-likeness (QED) is 0.610. The molecule has 0 fully saturated rings. The molecule has 0 unspecified atom stereocenters. The van der Waals surface area contributed by atoms with Crippen molar-refractivity contribution in [1.29, 1.82) is 0 Å². The Morgan fingerprint density at radius 1 is 1.23 bits per heavy atom. The Labute approximate surface area is 128 Å². The summed E-state index contributed by atoms with van der Waals surface area (Å²) >= 11 is 1.29. The van der Waals surface area contributed by atoms with Crippen LogP contribution in [0, 0.1) is 0 Å². The largest absolute Gasteiger partial charge is 0.363 e. The number of aryl methyl sites for hydroxylation is 1. The molecular weight excluding hydrogens is 300 g/mol. The molecule has 0 saturated carbocycles. The van der Waals surface area contributed by atoms with E-state index in [-0.39, 0.29) is 5.56 Å². The number of benzene rings is 1. The van der Waals surface area contributed by atoms with Gasteiger partial charge < -0.3 is 9.88 Å². The fourth-order valence-corrected chi connectivity index (χ4v) is 3.20. The first-order valence-electron chi connectivity index (χ1n) is 6.68. The number of para-hydroxylation sites is 1. The third-order valence-electron chi connectivity index (χ3n) is 3.56. The van der Waals surface area contributed by atoms with Crippen LogP contribution in [0.5, 0.6) is 0 Å².